The van der Waals surface area contributed by atoms with E-state index in [9.17, 15) is 8.78 Å². The molecule has 27 heavy (non-hydrogen) atoms. The Morgan fingerprint density at radius 3 is 2.26 bits per heavy atom. The molecular formula is C22H26F2N2O. The largest absolute Gasteiger partial charge is 0.395 e. The molecule has 0 aromatic heterocycles. The van der Waals surface area contributed by atoms with Crippen molar-refractivity contribution in [2.24, 2.45) is 0 Å². The second-order valence-corrected chi connectivity index (χ2v) is 7.57. The predicted octanol–water partition coefficient (Wildman–Crippen LogP) is 3.54. The fourth-order valence-corrected chi connectivity index (χ4v) is 4.65. The highest BCUT2D eigenvalue weighted by Gasteiger charge is 2.33. The van der Waals surface area contributed by atoms with E-state index in [1.165, 1.54) is 18.2 Å². The van der Waals surface area contributed by atoms with Crippen molar-refractivity contribution in [2.75, 3.05) is 39.3 Å². The number of β-amino-alcohol motifs (C(OH)–C–C–N with tert-alkyl or cyclic N) is 1. The lowest BCUT2D eigenvalue weighted by Gasteiger charge is -2.43. The van der Waals surface area contributed by atoms with Crippen LogP contribution in [0.2, 0.25) is 0 Å². The summed E-state index contributed by atoms with van der Waals surface area (Å²) < 4.78 is 27.4. The average molecular weight is 372 g/mol. The topological polar surface area (TPSA) is 26.7 Å². The summed E-state index contributed by atoms with van der Waals surface area (Å²) in [7, 11) is 0. The molecule has 1 aliphatic carbocycles. The van der Waals surface area contributed by atoms with E-state index >= 15 is 0 Å². The number of benzene rings is 2. The van der Waals surface area contributed by atoms with Crippen LogP contribution in [0.5, 0.6) is 0 Å². The second-order valence-electron chi connectivity index (χ2n) is 7.57. The number of rotatable bonds is 4. The number of piperazine rings is 1. The van der Waals surface area contributed by atoms with Crippen molar-refractivity contribution in [3.63, 3.8) is 0 Å². The highest BCUT2D eigenvalue weighted by molar-refractivity contribution is 5.42. The molecule has 2 atom stereocenters. The maximum atomic E-state index is 14.1. The van der Waals surface area contributed by atoms with Crippen LogP contribution in [0, 0.1) is 11.6 Å². The van der Waals surface area contributed by atoms with Crippen molar-refractivity contribution in [3.05, 3.63) is 70.8 Å². The Morgan fingerprint density at radius 2 is 1.56 bits per heavy atom. The van der Waals surface area contributed by atoms with Crippen molar-refractivity contribution >= 4 is 0 Å². The van der Waals surface area contributed by atoms with Crippen LogP contribution in [-0.4, -0.2) is 54.2 Å². The number of nitrogens with zero attached hydrogens (tertiary/aromatic N) is 2. The molecular weight excluding hydrogens is 346 g/mol. The number of hydrogen-bond acceptors (Lipinski definition) is 3. The van der Waals surface area contributed by atoms with Crippen LogP contribution in [0.3, 0.4) is 0 Å². The third kappa shape index (κ3) is 3.91. The van der Waals surface area contributed by atoms with Crippen LogP contribution in [-0.2, 0) is 0 Å². The lowest BCUT2D eigenvalue weighted by Crippen LogP contribution is -2.48. The van der Waals surface area contributed by atoms with Gasteiger partial charge in [0.1, 0.15) is 11.6 Å². The van der Waals surface area contributed by atoms with Gasteiger partial charge >= 0.3 is 0 Å². The number of halogens is 2. The lowest BCUT2D eigenvalue weighted by atomic mass is 9.76. The van der Waals surface area contributed by atoms with Gasteiger partial charge in [-0.1, -0.05) is 18.2 Å². The number of aliphatic hydroxyl groups excluding tert-OH is 1. The van der Waals surface area contributed by atoms with Gasteiger partial charge in [-0.15, -0.1) is 0 Å². The van der Waals surface area contributed by atoms with E-state index in [0.29, 0.717) is 0 Å². The first kappa shape index (κ1) is 18.5. The number of aliphatic hydroxyl groups is 1. The van der Waals surface area contributed by atoms with Gasteiger partial charge in [-0.25, -0.2) is 8.78 Å². The maximum absolute atomic E-state index is 14.1. The Labute approximate surface area is 159 Å². The fourth-order valence-electron chi connectivity index (χ4n) is 4.65. The zero-order chi connectivity index (χ0) is 18.8. The van der Waals surface area contributed by atoms with Gasteiger partial charge in [0.15, 0.2) is 0 Å². The summed E-state index contributed by atoms with van der Waals surface area (Å²) in [5.74, 6) is -0.238. The highest BCUT2D eigenvalue weighted by atomic mass is 19.1. The van der Waals surface area contributed by atoms with E-state index in [4.69, 9.17) is 5.11 Å². The van der Waals surface area contributed by atoms with E-state index in [1.54, 1.807) is 6.07 Å². The molecule has 1 fully saturated rings. The minimum Gasteiger partial charge on any atom is -0.395 e. The molecule has 144 valence electrons. The highest BCUT2D eigenvalue weighted by Crippen LogP contribution is 2.44. The molecule has 1 aliphatic heterocycles. The number of fused-ring (bicyclic) bond motifs is 1. The molecule has 0 unspecified atom stereocenters. The molecule has 2 aliphatic rings. The smallest absolute Gasteiger partial charge is 0.123 e. The zero-order valence-corrected chi connectivity index (χ0v) is 15.5. The molecule has 0 amide bonds. The fraction of sp³-hybridized carbons (Fsp3) is 0.455. The molecule has 1 N–H and O–H groups in total. The summed E-state index contributed by atoms with van der Waals surface area (Å²) in [4.78, 5) is 4.72. The minimum absolute atomic E-state index is 0.188. The van der Waals surface area contributed by atoms with Crippen molar-refractivity contribution in [2.45, 2.75) is 24.8 Å². The van der Waals surface area contributed by atoms with Crippen LogP contribution in [0.1, 0.15) is 41.5 Å². The van der Waals surface area contributed by atoms with Gasteiger partial charge in [-0.3, -0.25) is 9.80 Å². The molecule has 0 bridgehead atoms. The molecule has 0 radical (unpaired) electrons. The second kappa shape index (κ2) is 8.05. The monoisotopic (exact) mass is 372 g/mol. The van der Waals surface area contributed by atoms with Crippen LogP contribution in [0.25, 0.3) is 0 Å². The molecule has 4 rings (SSSR count). The molecule has 2 aromatic rings. The average Bonchev–Trinajstić information content (AvgIpc) is 2.69. The Hall–Kier alpha value is -1.82. The van der Waals surface area contributed by atoms with Crippen molar-refractivity contribution in [3.8, 4) is 0 Å². The first-order valence-electron chi connectivity index (χ1n) is 9.78. The lowest BCUT2D eigenvalue weighted by molar-refractivity contribution is 0.0762. The van der Waals surface area contributed by atoms with Gasteiger partial charge in [-0.2, -0.15) is 0 Å². The Kier molecular flexibility index (Phi) is 5.53. The molecule has 1 heterocycles. The first-order chi connectivity index (χ1) is 13.2. The number of hydrogen-bond donors (Lipinski definition) is 1. The predicted molar refractivity (Wildman–Crippen MR) is 102 cm³/mol. The summed E-state index contributed by atoms with van der Waals surface area (Å²) in [6, 6.07) is 12.1. The van der Waals surface area contributed by atoms with E-state index in [0.717, 1.165) is 62.3 Å². The summed E-state index contributed by atoms with van der Waals surface area (Å²) in [6.45, 7) is 4.64. The van der Waals surface area contributed by atoms with E-state index < -0.39 is 0 Å². The quantitative estimate of drug-likeness (QED) is 0.889. The third-order valence-electron chi connectivity index (χ3n) is 6.05. The van der Waals surface area contributed by atoms with Crippen LogP contribution in [0.4, 0.5) is 8.78 Å². The minimum atomic E-state index is -0.229. The van der Waals surface area contributed by atoms with Crippen LogP contribution >= 0.6 is 0 Å². The normalized spacial score (nSPS) is 24.0. The van der Waals surface area contributed by atoms with Gasteiger partial charge in [0.2, 0.25) is 0 Å². The van der Waals surface area contributed by atoms with Gasteiger partial charge in [0.05, 0.1) is 6.61 Å². The summed E-state index contributed by atoms with van der Waals surface area (Å²) in [6.07, 6.45) is 1.95. The van der Waals surface area contributed by atoms with Crippen molar-refractivity contribution in [1.82, 2.24) is 9.80 Å². The van der Waals surface area contributed by atoms with Gasteiger partial charge in [0, 0.05) is 44.7 Å². The van der Waals surface area contributed by atoms with E-state index in [2.05, 4.69) is 9.80 Å². The summed E-state index contributed by atoms with van der Waals surface area (Å²) in [5, 5.41) is 9.13. The molecule has 0 spiro atoms. The molecule has 0 saturated carbocycles. The zero-order valence-electron chi connectivity index (χ0n) is 15.5. The molecule has 3 nitrogen and oxygen atoms in total. The summed E-state index contributed by atoms with van der Waals surface area (Å²) >= 11 is 0. The SMILES string of the molecule is OCCN1CCN([C@@H]2CC[C@H](c3ccc(F)cc3)c3ccc(F)cc32)CC1. The van der Waals surface area contributed by atoms with E-state index in [-0.39, 0.29) is 30.2 Å². The Morgan fingerprint density at radius 1 is 0.852 bits per heavy atom. The third-order valence-corrected chi connectivity index (χ3v) is 6.05. The summed E-state index contributed by atoms with van der Waals surface area (Å²) in [5.41, 5.74) is 3.33. The first-order valence-corrected chi connectivity index (χ1v) is 9.78. The molecule has 5 heteroatoms. The van der Waals surface area contributed by atoms with Gasteiger partial charge < -0.3 is 5.11 Å². The van der Waals surface area contributed by atoms with Crippen molar-refractivity contribution in [1.29, 1.82) is 0 Å². The molecule has 2 aromatic carbocycles. The molecule has 1 saturated heterocycles. The Balaban J connectivity index is 1.59. The van der Waals surface area contributed by atoms with Crippen LogP contribution in [0.15, 0.2) is 42.5 Å². The van der Waals surface area contributed by atoms with Crippen molar-refractivity contribution < 1.29 is 13.9 Å². The standard InChI is InChI=1S/C22H26F2N2O/c23-17-3-1-16(2-4-17)19-7-8-22(21-15-18(24)5-6-20(19)21)26-11-9-25(10-12-26)13-14-27/h1-6,15,19,22,27H,7-14H2/t19-,22-/m1/s1. The Bertz CT molecular complexity index is 772. The van der Waals surface area contributed by atoms with Gasteiger partial charge in [0.25, 0.3) is 0 Å². The van der Waals surface area contributed by atoms with Crippen LogP contribution < -0.4 is 0 Å². The maximum Gasteiger partial charge on any atom is 0.123 e. The van der Waals surface area contributed by atoms with Gasteiger partial charge in [-0.05, 0) is 53.8 Å². The van der Waals surface area contributed by atoms with E-state index in [1.807, 2.05) is 18.2 Å².